The third-order valence-electron chi connectivity index (χ3n) is 4.54. The molecule has 3 aromatic rings. The lowest BCUT2D eigenvalue weighted by atomic mass is 10.0. The van der Waals surface area contributed by atoms with Gasteiger partial charge in [-0.15, -0.1) is 11.8 Å². The predicted molar refractivity (Wildman–Crippen MR) is 116 cm³/mol. The summed E-state index contributed by atoms with van der Waals surface area (Å²) in [7, 11) is 0. The number of para-hydroxylation sites is 1. The summed E-state index contributed by atoms with van der Waals surface area (Å²) in [5.41, 5.74) is 4.48. The van der Waals surface area contributed by atoms with Crippen molar-refractivity contribution in [2.45, 2.75) is 29.2 Å². The Morgan fingerprint density at radius 1 is 0.906 bits per heavy atom. The van der Waals surface area contributed by atoms with Crippen LogP contribution in [0.2, 0.25) is 0 Å². The lowest BCUT2D eigenvalue weighted by Gasteiger charge is -2.20. The molecule has 3 aromatic carbocycles. The molecule has 0 aliphatic carbocycles. The third-order valence-corrected chi connectivity index (χ3v) is 5.89. The molecule has 0 saturated heterocycles. The highest BCUT2D eigenvalue weighted by atomic mass is 32.2. The molecule has 32 heavy (non-hydrogen) atoms. The summed E-state index contributed by atoms with van der Waals surface area (Å²) in [5.74, 6) is -4.19. The molecule has 0 fully saturated rings. The van der Waals surface area contributed by atoms with Crippen molar-refractivity contribution in [1.29, 1.82) is 0 Å². The summed E-state index contributed by atoms with van der Waals surface area (Å²) in [4.78, 5) is 13.7. The van der Waals surface area contributed by atoms with Gasteiger partial charge in [0.25, 0.3) is 5.92 Å². The summed E-state index contributed by atoms with van der Waals surface area (Å²) < 4.78 is 67.4. The summed E-state index contributed by atoms with van der Waals surface area (Å²) >= 11 is 1.11. The number of hydrogen-bond donors (Lipinski definition) is 2. The van der Waals surface area contributed by atoms with Crippen LogP contribution < -0.4 is 11.1 Å². The van der Waals surface area contributed by atoms with E-state index in [-0.39, 0.29) is 5.69 Å². The zero-order chi connectivity index (χ0) is 23.5. The smallest absolute Gasteiger partial charge is 0.398 e. The summed E-state index contributed by atoms with van der Waals surface area (Å²) in [5, 5.41) is 1.48. The van der Waals surface area contributed by atoms with Crippen LogP contribution in [0.3, 0.4) is 0 Å². The molecule has 0 aliphatic heterocycles. The maximum absolute atomic E-state index is 13.8. The van der Waals surface area contributed by atoms with Crippen LogP contribution in [0, 0.1) is 0 Å². The molecule has 168 valence electrons. The van der Waals surface area contributed by atoms with Gasteiger partial charge in [-0.05, 0) is 35.9 Å². The molecule has 0 spiro atoms. The Kier molecular flexibility index (Phi) is 6.78. The Morgan fingerprint density at radius 3 is 2.09 bits per heavy atom. The lowest BCUT2D eigenvalue weighted by molar-refractivity contribution is -0.137. The molecule has 1 unspecified atom stereocenters. The fourth-order valence-electron chi connectivity index (χ4n) is 2.94. The Hall–Kier alpha value is -3.07. The van der Waals surface area contributed by atoms with Crippen molar-refractivity contribution in [2.24, 2.45) is 0 Å². The van der Waals surface area contributed by atoms with Gasteiger partial charge in [0.1, 0.15) is 5.25 Å². The molecule has 1 atom stereocenters. The largest absolute Gasteiger partial charge is 0.416 e. The molecule has 0 bridgehead atoms. The van der Waals surface area contributed by atoms with Crippen molar-refractivity contribution < 1.29 is 26.7 Å². The number of benzene rings is 3. The first-order valence-electron chi connectivity index (χ1n) is 9.42. The molecule has 3 N–H and O–H groups in total. The fourth-order valence-corrected chi connectivity index (χ4v) is 4.01. The van der Waals surface area contributed by atoms with E-state index >= 15 is 0 Å². The number of carbonyl (C=O) groups is 1. The highest BCUT2D eigenvalue weighted by molar-refractivity contribution is 8.00. The van der Waals surface area contributed by atoms with Crippen LogP contribution in [0.5, 0.6) is 0 Å². The van der Waals surface area contributed by atoms with Crippen LogP contribution in [-0.4, -0.2) is 5.91 Å². The van der Waals surface area contributed by atoms with E-state index < -0.39 is 34.4 Å². The zero-order valence-electron chi connectivity index (χ0n) is 16.8. The number of thioether (sulfide) groups is 1. The minimum Gasteiger partial charge on any atom is -0.398 e. The van der Waals surface area contributed by atoms with Crippen LogP contribution in [0.15, 0.2) is 77.7 Å². The van der Waals surface area contributed by atoms with E-state index in [1.807, 2.05) is 0 Å². The average molecular weight is 466 g/mol. The fraction of sp³-hybridized carbons (Fsp3) is 0.174. The van der Waals surface area contributed by atoms with E-state index in [1.165, 1.54) is 0 Å². The van der Waals surface area contributed by atoms with Crippen LogP contribution in [0.1, 0.15) is 28.9 Å². The van der Waals surface area contributed by atoms with Crippen LogP contribution in [-0.2, 0) is 16.9 Å². The lowest BCUT2D eigenvalue weighted by Crippen LogP contribution is -2.20. The molecule has 0 aromatic heterocycles. The van der Waals surface area contributed by atoms with Gasteiger partial charge in [0, 0.05) is 28.8 Å². The second kappa shape index (κ2) is 9.20. The summed E-state index contributed by atoms with van der Waals surface area (Å²) in [6, 6.07) is 17.2. The van der Waals surface area contributed by atoms with Gasteiger partial charge in [0.15, 0.2) is 0 Å². The van der Waals surface area contributed by atoms with Gasteiger partial charge >= 0.3 is 6.18 Å². The van der Waals surface area contributed by atoms with Crippen molar-refractivity contribution in [3.63, 3.8) is 0 Å². The molecular formula is C23H19F5N2OS. The van der Waals surface area contributed by atoms with Crippen molar-refractivity contribution in [2.75, 3.05) is 11.1 Å². The Balaban J connectivity index is 1.98. The summed E-state index contributed by atoms with van der Waals surface area (Å²) in [6.45, 7) is 0.495. The number of carbonyl (C=O) groups excluding carboxylic acids is 1. The number of nitrogens with one attached hydrogen (secondary N) is 1. The Bertz CT molecular complexity index is 1070. The zero-order valence-corrected chi connectivity index (χ0v) is 17.6. The van der Waals surface area contributed by atoms with E-state index in [1.54, 1.807) is 54.6 Å². The van der Waals surface area contributed by atoms with E-state index in [0.717, 1.165) is 17.8 Å². The van der Waals surface area contributed by atoms with E-state index in [0.29, 0.717) is 35.2 Å². The maximum Gasteiger partial charge on any atom is 0.416 e. The predicted octanol–water partition coefficient (Wildman–Crippen LogP) is 6.87. The van der Waals surface area contributed by atoms with Crippen molar-refractivity contribution in [1.82, 2.24) is 0 Å². The molecule has 3 nitrogen and oxygen atoms in total. The maximum atomic E-state index is 13.8. The van der Waals surface area contributed by atoms with Crippen molar-refractivity contribution in [3.05, 3.63) is 89.5 Å². The van der Waals surface area contributed by atoms with E-state index in [4.69, 9.17) is 5.73 Å². The first-order chi connectivity index (χ1) is 14.9. The molecule has 3 rings (SSSR count). The third kappa shape index (κ3) is 5.79. The average Bonchev–Trinajstić information content (AvgIpc) is 2.72. The molecular weight excluding hydrogens is 447 g/mol. The number of amides is 1. The first kappa shape index (κ1) is 23.6. The number of nitrogen functional groups attached to an aromatic ring is 1. The van der Waals surface area contributed by atoms with E-state index in [9.17, 15) is 26.7 Å². The van der Waals surface area contributed by atoms with Gasteiger partial charge in [0.2, 0.25) is 5.91 Å². The van der Waals surface area contributed by atoms with Gasteiger partial charge in [-0.2, -0.15) is 13.2 Å². The van der Waals surface area contributed by atoms with Gasteiger partial charge < -0.3 is 11.1 Å². The number of nitrogens with two attached hydrogens (primary N) is 1. The van der Waals surface area contributed by atoms with Gasteiger partial charge in [-0.3, -0.25) is 4.79 Å². The van der Waals surface area contributed by atoms with Gasteiger partial charge in [-0.1, -0.05) is 42.5 Å². The Morgan fingerprint density at radius 2 is 1.50 bits per heavy atom. The number of halogens is 5. The number of anilines is 2. The van der Waals surface area contributed by atoms with Crippen LogP contribution in [0.25, 0.3) is 0 Å². The number of hydrogen-bond acceptors (Lipinski definition) is 3. The second-order valence-corrected chi connectivity index (χ2v) is 8.27. The minimum atomic E-state index is -4.85. The van der Waals surface area contributed by atoms with Crippen LogP contribution >= 0.6 is 11.8 Å². The second-order valence-electron chi connectivity index (χ2n) is 7.12. The van der Waals surface area contributed by atoms with Gasteiger partial charge in [0.05, 0.1) is 5.56 Å². The minimum absolute atomic E-state index is 0.371. The summed E-state index contributed by atoms with van der Waals surface area (Å²) in [6.07, 6.45) is -4.85. The monoisotopic (exact) mass is 466 g/mol. The Labute approximate surface area is 185 Å². The molecule has 1 amide bonds. The quantitative estimate of drug-likeness (QED) is 0.237. The standard InChI is InChI=1S/C23H19F5N2OS/c1-22(24,25)15-11-16(23(26,27)28)13-17(12-15)30-21(31)20(14-7-3-2-4-8-14)32-19-10-6-5-9-18(19)29/h2-13,20H,29H2,1H3,(H,30,31). The first-order valence-corrected chi connectivity index (χ1v) is 10.3. The highest BCUT2D eigenvalue weighted by Crippen LogP contribution is 2.40. The normalized spacial score (nSPS) is 12.9. The van der Waals surface area contributed by atoms with Gasteiger partial charge in [-0.25, -0.2) is 8.78 Å². The number of alkyl halides is 5. The molecule has 0 saturated carbocycles. The molecule has 0 aliphatic rings. The van der Waals surface area contributed by atoms with E-state index in [2.05, 4.69) is 5.32 Å². The van der Waals surface area contributed by atoms with Crippen LogP contribution in [0.4, 0.5) is 33.3 Å². The molecule has 0 radical (unpaired) electrons. The van der Waals surface area contributed by atoms with Crippen molar-refractivity contribution in [3.8, 4) is 0 Å². The molecule has 9 heteroatoms. The SMILES string of the molecule is CC(F)(F)c1cc(NC(=O)C(Sc2ccccc2N)c2ccccc2)cc(C(F)(F)F)c1. The van der Waals surface area contributed by atoms with Crippen molar-refractivity contribution >= 4 is 29.0 Å². The topological polar surface area (TPSA) is 55.1 Å². The molecule has 0 heterocycles. The highest BCUT2D eigenvalue weighted by Gasteiger charge is 2.35. The number of rotatable bonds is 6.